The molecule has 2 aliphatic heterocycles. The van der Waals surface area contributed by atoms with Gasteiger partial charge in [0.2, 0.25) is 5.91 Å². The molecule has 138 valence electrons. The van der Waals surface area contributed by atoms with Crippen LogP contribution in [0.3, 0.4) is 0 Å². The van der Waals surface area contributed by atoms with E-state index >= 15 is 0 Å². The summed E-state index contributed by atoms with van der Waals surface area (Å²) in [6.07, 6.45) is -0.626. The van der Waals surface area contributed by atoms with Crippen LogP contribution < -0.4 is 0 Å². The molecule has 0 radical (unpaired) electrons. The molecule has 2 atom stereocenters. The maximum atomic E-state index is 12.7. The highest BCUT2D eigenvalue weighted by atomic mass is 19.4. The Hall–Kier alpha value is -1.56. The lowest BCUT2D eigenvalue weighted by Crippen LogP contribution is -2.40. The molecule has 2 fully saturated rings. The smallest absolute Gasteiger partial charge is 0.341 e. The van der Waals surface area contributed by atoms with Crippen LogP contribution in [0.4, 0.5) is 13.2 Å². The predicted octanol–water partition coefficient (Wildman–Crippen LogP) is 3.90. The van der Waals surface area contributed by atoms with E-state index in [-0.39, 0.29) is 11.8 Å². The highest BCUT2D eigenvalue weighted by Crippen LogP contribution is 2.31. The van der Waals surface area contributed by atoms with Crippen molar-refractivity contribution >= 4 is 5.91 Å². The molecule has 2 aliphatic rings. The first-order valence-electron chi connectivity index (χ1n) is 9.03. The molecule has 0 unspecified atom stereocenters. The van der Waals surface area contributed by atoms with Gasteiger partial charge in [-0.25, -0.2) is 0 Å². The van der Waals surface area contributed by atoms with Gasteiger partial charge >= 0.3 is 6.18 Å². The van der Waals surface area contributed by atoms with Gasteiger partial charge < -0.3 is 4.90 Å². The van der Waals surface area contributed by atoms with Gasteiger partial charge in [0.1, 0.15) is 0 Å². The number of hydrogen-bond acceptors (Lipinski definition) is 2. The normalized spacial score (nSPS) is 23.2. The fourth-order valence-corrected chi connectivity index (χ4v) is 3.94. The highest BCUT2D eigenvalue weighted by molar-refractivity contribution is 5.77. The Kier molecular flexibility index (Phi) is 5.37. The van der Waals surface area contributed by atoms with Crippen molar-refractivity contribution in [1.29, 1.82) is 0 Å². The summed E-state index contributed by atoms with van der Waals surface area (Å²) in [5, 5.41) is 0. The minimum Gasteiger partial charge on any atom is -0.341 e. The number of carbonyl (C=O) groups excluding carboxylic acids is 1. The van der Waals surface area contributed by atoms with E-state index in [1.165, 1.54) is 18.6 Å². The summed E-state index contributed by atoms with van der Waals surface area (Å²) in [5.41, 5.74) is 0.127. The van der Waals surface area contributed by atoms with Crippen molar-refractivity contribution in [2.24, 2.45) is 0 Å². The molecule has 3 rings (SSSR count). The Balaban J connectivity index is 1.60. The van der Waals surface area contributed by atoms with Gasteiger partial charge in [0, 0.05) is 32.1 Å². The van der Waals surface area contributed by atoms with Gasteiger partial charge in [0.15, 0.2) is 0 Å². The van der Waals surface area contributed by atoms with E-state index in [0.717, 1.165) is 56.7 Å². The number of nitrogens with zero attached hydrogens (tertiary/aromatic N) is 2. The van der Waals surface area contributed by atoms with Gasteiger partial charge in [-0.1, -0.05) is 19.1 Å². The third-order valence-electron chi connectivity index (χ3n) is 5.44. The summed E-state index contributed by atoms with van der Waals surface area (Å²) >= 11 is 0. The molecule has 0 aromatic heterocycles. The lowest BCUT2D eigenvalue weighted by atomic mass is 9.96. The predicted molar refractivity (Wildman–Crippen MR) is 90.3 cm³/mol. The second-order valence-corrected chi connectivity index (χ2v) is 7.25. The molecular formula is C19H25F3N2O. The number of rotatable bonds is 3. The van der Waals surface area contributed by atoms with Gasteiger partial charge in [-0.2, -0.15) is 13.2 Å². The zero-order valence-corrected chi connectivity index (χ0v) is 14.6. The van der Waals surface area contributed by atoms with Gasteiger partial charge in [0.25, 0.3) is 0 Å². The molecule has 2 saturated heterocycles. The Morgan fingerprint density at radius 3 is 2.52 bits per heavy atom. The number of amides is 1. The van der Waals surface area contributed by atoms with E-state index in [1.54, 1.807) is 0 Å². The maximum absolute atomic E-state index is 12.7. The molecule has 1 amide bonds. The fraction of sp³-hybridized carbons (Fsp3) is 0.632. The monoisotopic (exact) mass is 354 g/mol. The first kappa shape index (κ1) is 18.2. The molecule has 0 N–H and O–H groups in total. The van der Waals surface area contributed by atoms with Crippen molar-refractivity contribution in [2.45, 2.75) is 50.7 Å². The van der Waals surface area contributed by atoms with Crippen LogP contribution in [0.2, 0.25) is 0 Å². The molecule has 0 spiro atoms. The lowest BCUT2D eigenvalue weighted by Gasteiger charge is -2.26. The summed E-state index contributed by atoms with van der Waals surface area (Å²) < 4.78 is 38.0. The zero-order valence-electron chi connectivity index (χ0n) is 14.6. The van der Waals surface area contributed by atoms with E-state index in [1.807, 2.05) is 11.8 Å². The molecule has 1 aromatic carbocycles. The Morgan fingerprint density at radius 1 is 1.16 bits per heavy atom. The number of hydrogen-bond donors (Lipinski definition) is 0. The van der Waals surface area contributed by atoms with Crippen LogP contribution in [0.15, 0.2) is 24.3 Å². The zero-order chi connectivity index (χ0) is 18.0. The number of alkyl halides is 3. The maximum Gasteiger partial charge on any atom is 0.416 e. The van der Waals surface area contributed by atoms with Crippen molar-refractivity contribution < 1.29 is 18.0 Å². The number of fused-ring (bicyclic) bond motifs is 1. The standard InChI is InChI=1S/C19H25F3N2O/c1-14(15-5-7-16(8-6-15)19(20,21)22)12-18(25)24-11-3-10-23-9-2-4-17(23)13-24/h5-8,14,17H,2-4,9-13H2,1H3/t14-,17+/m1/s1. The highest BCUT2D eigenvalue weighted by Gasteiger charge is 2.32. The van der Waals surface area contributed by atoms with Crippen molar-refractivity contribution in [1.82, 2.24) is 9.80 Å². The summed E-state index contributed by atoms with van der Waals surface area (Å²) in [7, 11) is 0. The van der Waals surface area contributed by atoms with Gasteiger partial charge in [0.05, 0.1) is 5.56 Å². The van der Waals surface area contributed by atoms with Crippen molar-refractivity contribution in [3.05, 3.63) is 35.4 Å². The van der Waals surface area contributed by atoms with Gasteiger partial charge in [-0.3, -0.25) is 9.69 Å². The summed E-state index contributed by atoms with van der Waals surface area (Å²) in [4.78, 5) is 17.1. The first-order valence-corrected chi connectivity index (χ1v) is 9.03. The lowest BCUT2D eigenvalue weighted by molar-refractivity contribution is -0.137. The molecular weight excluding hydrogens is 329 g/mol. The Morgan fingerprint density at radius 2 is 1.84 bits per heavy atom. The van der Waals surface area contributed by atoms with Crippen molar-refractivity contribution in [3.8, 4) is 0 Å². The quantitative estimate of drug-likeness (QED) is 0.822. The van der Waals surface area contributed by atoms with Crippen LogP contribution in [-0.2, 0) is 11.0 Å². The molecule has 0 aliphatic carbocycles. The van der Waals surface area contributed by atoms with Gasteiger partial charge in [-0.15, -0.1) is 0 Å². The second kappa shape index (κ2) is 7.36. The van der Waals surface area contributed by atoms with Crippen LogP contribution >= 0.6 is 0 Å². The SMILES string of the molecule is C[C@H](CC(=O)N1CCCN2CCC[C@H]2C1)c1ccc(C(F)(F)F)cc1. The molecule has 25 heavy (non-hydrogen) atoms. The van der Waals surface area contributed by atoms with Crippen molar-refractivity contribution in [3.63, 3.8) is 0 Å². The van der Waals surface area contributed by atoms with Crippen LogP contribution in [0.1, 0.15) is 49.7 Å². The summed E-state index contributed by atoms with van der Waals surface area (Å²) in [5.74, 6) is 0.0267. The van der Waals surface area contributed by atoms with E-state index < -0.39 is 11.7 Å². The Labute approximate surface area is 146 Å². The van der Waals surface area contributed by atoms with E-state index in [4.69, 9.17) is 0 Å². The largest absolute Gasteiger partial charge is 0.416 e. The topological polar surface area (TPSA) is 23.6 Å². The third kappa shape index (κ3) is 4.35. The molecule has 0 saturated carbocycles. The summed E-state index contributed by atoms with van der Waals surface area (Å²) in [6.45, 7) is 5.67. The molecule has 3 nitrogen and oxygen atoms in total. The van der Waals surface area contributed by atoms with Crippen LogP contribution in [0.5, 0.6) is 0 Å². The number of benzene rings is 1. The Bertz CT molecular complexity index is 600. The van der Waals surface area contributed by atoms with Gasteiger partial charge in [-0.05, 0) is 49.4 Å². The molecule has 6 heteroatoms. The van der Waals surface area contributed by atoms with Crippen LogP contribution in [-0.4, -0.2) is 47.9 Å². The van der Waals surface area contributed by atoms with E-state index in [9.17, 15) is 18.0 Å². The van der Waals surface area contributed by atoms with E-state index in [0.29, 0.717) is 12.5 Å². The third-order valence-corrected chi connectivity index (χ3v) is 5.44. The summed E-state index contributed by atoms with van der Waals surface area (Å²) in [6, 6.07) is 5.65. The minimum atomic E-state index is -4.32. The number of halogens is 3. The average molecular weight is 354 g/mol. The van der Waals surface area contributed by atoms with Crippen molar-refractivity contribution in [2.75, 3.05) is 26.2 Å². The fourth-order valence-electron chi connectivity index (χ4n) is 3.94. The molecule has 1 aromatic rings. The second-order valence-electron chi connectivity index (χ2n) is 7.25. The molecule has 0 bridgehead atoms. The minimum absolute atomic E-state index is 0.0854. The first-order chi connectivity index (χ1) is 11.8. The van der Waals surface area contributed by atoms with Crippen LogP contribution in [0.25, 0.3) is 0 Å². The van der Waals surface area contributed by atoms with E-state index in [2.05, 4.69) is 4.90 Å². The average Bonchev–Trinajstić information content (AvgIpc) is 2.90. The van der Waals surface area contributed by atoms with Crippen LogP contribution in [0, 0.1) is 0 Å². The molecule has 2 heterocycles. The number of carbonyl (C=O) groups is 1.